The van der Waals surface area contributed by atoms with E-state index in [0.717, 1.165) is 16.9 Å². The molecule has 2 aromatic carbocycles. The zero-order valence-electron chi connectivity index (χ0n) is 14.7. The minimum absolute atomic E-state index is 0.278. The minimum atomic E-state index is -4.71. The lowest BCUT2D eigenvalue weighted by Crippen LogP contribution is -2.16. The first kappa shape index (κ1) is 17.8. The lowest BCUT2D eigenvalue weighted by atomic mass is 10.3. The number of aryl methyl sites for hydroxylation is 1. The van der Waals surface area contributed by atoms with E-state index in [-0.39, 0.29) is 5.75 Å². The smallest absolute Gasteiger partial charge is 0.406 e. The molecule has 0 bridgehead atoms. The van der Waals surface area contributed by atoms with E-state index in [4.69, 9.17) is 0 Å². The highest BCUT2D eigenvalue weighted by Gasteiger charge is 2.30. The molecule has 0 aliphatic carbocycles. The van der Waals surface area contributed by atoms with Crippen molar-refractivity contribution in [2.75, 3.05) is 5.32 Å². The van der Waals surface area contributed by atoms with Gasteiger partial charge in [0.1, 0.15) is 23.2 Å². The van der Waals surface area contributed by atoms with Gasteiger partial charge in [-0.3, -0.25) is 4.57 Å². The third-order valence-electron chi connectivity index (χ3n) is 4.05. The predicted octanol–water partition coefficient (Wildman–Crippen LogP) is 5.37. The van der Waals surface area contributed by atoms with Crippen LogP contribution < -0.4 is 10.1 Å². The van der Waals surface area contributed by atoms with Crippen molar-refractivity contribution < 1.29 is 17.9 Å². The predicted molar refractivity (Wildman–Crippen MR) is 100 cm³/mol. The van der Waals surface area contributed by atoms with Crippen molar-refractivity contribution >= 4 is 22.5 Å². The van der Waals surface area contributed by atoms with Gasteiger partial charge in [-0.2, -0.15) is 0 Å². The van der Waals surface area contributed by atoms with Crippen LogP contribution in [0.2, 0.25) is 0 Å². The van der Waals surface area contributed by atoms with Crippen molar-refractivity contribution in [3.63, 3.8) is 0 Å². The Morgan fingerprint density at radius 2 is 1.64 bits per heavy atom. The molecule has 0 unspecified atom stereocenters. The van der Waals surface area contributed by atoms with Crippen LogP contribution in [0.5, 0.6) is 5.75 Å². The van der Waals surface area contributed by atoms with Crippen LogP contribution in [0.1, 0.15) is 5.82 Å². The van der Waals surface area contributed by atoms with Crippen LogP contribution in [0.4, 0.5) is 24.7 Å². The summed E-state index contributed by atoms with van der Waals surface area (Å²) in [4.78, 5) is 9.14. The van der Waals surface area contributed by atoms with Gasteiger partial charge in [0.15, 0.2) is 0 Å². The number of halogens is 3. The molecular formula is C20H15F3N4O. The number of benzene rings is 2. The van der Waals surface area contributed by atoms with Gasteiger partial charge in [0.05, 0.1) is 11.0 Å². The third-order valence-corrected chi connectivity index (χ3v) is 4.05. The average molecular weight is 384 g/mol. The molecular weight excluding hydrogens is 369 g/mol. The van der Waals surface area contributed by atoms with E-state index in [2.05, 4.69) is 20.0 Å². The fraction of sp³-hybridized carbons (Fsp3) is 0.100. The maximum Gasteiger partial charge on any atom is 0.573 e. The molecule has 4 rings (SSSR count). The SMILES string of the molecule is Cc1nc2ccccc2n1-c1cccc(Nc2ccc(OC(F)(F)F)cc2)n1. The molecule has 28 heavy (non-hydrogen) atoms. The maximum absolute atomic E-state index is 12.3. The Bertz CT molecular complexity index is 1120. The number of fused-ring (bicyclic) bond motifs is 1. The Hall–Kier alpha value is -3.55. The van der Waals surface area contributed by atoms with E-state index < -0.39 is 6.36 Å². The van der Waals surface area contributed by atoms with Gasteiger partial charge in [-0.05, 0) is 55.5 Å². The highest BCUT2D eigenvalue weighted by molar-refractivity contribution is 5.78. The molecule has 2 heterocycles. The number of nitrogens with zero attached hydrogens (tertiary/aromatic N) is 3. The van der Waals surface area contributed by atoms with Gasteiger partial charge in [0, 0.05) is 5.69 Å². The molecule has 0 spiro atoms. The summed E-state index contributed by atoms with van der Waals surface area (Å²) in [5.74, 6) is 1.77. The standard InChI is InChI=1S/C20H15F3N4O/c1-13-24-16-5-2-3-6-17(16)27(13)19-8-4-7-18(26-19)25-14-9-11-15(12-10-14)28-20(21,22)23/h2-12H,1H3,(H,25,26). The molecule has 0 aliphatic rings. The van der Waals surface area contributed by atoms with Crippen LogP contribution in [-0.4, -0.2) is 20.9 Å². The monoisotopic (exact) mass is 384 g/mol. The molecule has 0 fully saturated rings. The largest absolute Gasteiger partial charge is 0.573 e. The van der Waals surface area contributed by atoms with E-state index in [1.807, 2.05) is 47.9 Å². The second kappa shape index (κ2) is 6.88. The summed E-state index contributed by atoms with van der Waals surface area (Å²) in [7, 11) is 0. The Morgan fingerprint density at radius 1 is 0.893 bits per heavy atom. The van der Waals surface area contributed by atoms with Crippen LogP contribution >= 0.6 is 0 Å². The number of hydrogen-bond donors (Lipinski definition) is 1. The Kier molecular flexibility index (Phi) is 4.38. The van der Waals surface area contributed by atoms with E-state index in [1.165, 1.54) is 24.3 Å². The molecule has 1 N–H and O–H groups in total. The first-order valence-corrected chi connectivity index (χ1v) is 8.43. The zero-order chi connectivity index (χ0) is 19.7. The number of para-hydroxylation sites is 2. The van der Waals surface area contributed by atoms with Crippen molar-refractivity contribution in [2.24, 2.45) is 0 Å². The molecule has 0 saturated heterocycles. The highest BCUT2D eigenvalue weighted by Crippen LogP contribution is 2.26. The highest BCUT2D eigenvalue weighted by atomic mass is 19.4. The number of ether oxygens (including phenoxy) is 1. The van der Waals surface area contributed by atoms with Gasteiger partial charge in [0.2, 0.25) is 0 Å². The number of hydrogen-bond acceptors (Lipinski definition) is 4. The molecule has 0 atom stereocenters. The van der Waals surface area contributed by atoms with Crippen molar-refractivity contribution in [2.45, 2.75) is 13.3 Å². The lowest BCUT2D eigenvalue weighted by Gasteiger charge is -2.11. The van der Waals surface area contributed by atoms with Crippen molar-refractivity contribution in [3.8, 4) is 11.6 Å². The molecule has 8 heteroatoms. The lowest BCUT2D eigenvalue weighted by molar-refractivity contribution is -0.274. The minimum Gasteiger partial charge on any atom is -0.406 e. The van der Waals surface area contributed by atoms with E-state index in [1.54, 1.807) is 6.07 Å². The van der Waals surface area contributed by atoms with Crippen molar-refractivity contribution in [1.82, 2.24) is 14.5 Å². The molecule has 0 saturated carbocycles. The molecule has 5 nitrogen and oxygen atoms in total. The molecule has 2 aromatic heterocycles. The van der Waals surface area contributed by atoms with Crippen molar-refractivity contribution in [1.29, 1.82) is 0 Å². The first-order chi connectivity index (χ1) is 13.4. The second-order valence-electron chi connectivity index (χ2n) is 6.06. The third kappa shape index (κ3) is 3.75. The van der Waals surface area contributed by atoms with Gasteiger partial charge in [-0.1, -0.05) is 18.2 Å². The number of nitrogens with one attached hydrogen (secondary N) is 1. The van der Waals surface area contributed by atoms with Crippen molar-refractivity contribution in [3.05, 3.63) is 72.6 Å². The summed E-state index contributed by atoms with van der Waals surface area (Å²) in [5, 5.41) is 3.08. The van der Waals surface area contributed by atoms with Crippen LogP contribution in [0, 0.1) is 6.92 Å². The van der Waals surface area contributed by atoms with Crippen LogP contribution in [-0.2, 0) is 0 Å². The quantitative estimate of drug-likeness (QED) is 0.514. The first-order valence-electron chi connectivity index (χ1n) is 8.43. The van der Waals surface area contributed by atoms with Gasteiger partial charge in [-0.15, -0.1) is 13.2 Å². The summed E-state index contributed by atoms with van der Waals surface area (Å²) in [6.45, 7) is 1.90. The number of rotatable bonds is 4. The molecule has 0 radical (unpaired) electrons. The topological polar surface area (TPSA) is 52.0 Å². The fourth-order valence-corrected chi connectivity index (χ4v) is 2.94. The van der Waals surface area contributed by atoms with E-state index in [9.17, 15) is 13.2 Å². The van der Waals surface area contributed by atoms with E-state index >= 15 is 0 Å². The Labute approximate surface area is 158 Å². The summed E-state index contributed by atoms with van der Waals surface area (Å²) in [6, 6.07) is 18.7. The summed E-state index contributed by atoms with van der Waals surface area (Å²) < 4.78 is 42.6. The second-order valence-corrected chi connectivity index (χ2v) is 6.06. The molecule has 0 amide bonds. The van der Waals surface area contributed by atoms with Gasteiger partial charge >= 0.3 is 6.36 Å². The number of pyridine rings is 1. The average Bonchev–Trinajstić information content (AvgIpc) is 2.98. The van der Waals surface area contributed by atoms with Gasteiger partial charge < -0.3 is 10.1 Å². The molecule has 0 aliphatic heterocycles. The normalized spacial score (nSPS) is 11.6. The maximum atomic E-state index is 12.3. The molecule has 4 aromatic rings. The van der Waals surface area contributed by atoms with Crippen LogP contribution in [0.3, 0.4) is 0 Å². The zero-order valence-corrected chi connectivity index (χ0v) is 14.7. The number of aromatic nitrogens is 3. The molecule has 142 valence electrons. The van der Waals surface area contributed by atoms with Gasteiger partial charge in [-0.25, -0.2) is 9.97 Å². The Morgan fingerprint density at radius 3 is 2.39 bits per heavy atom. The summed E-state index contributed by atoms with van der Waals surface area (Å²) in [5.41, 5.74) is 2.41. The van der Waals surface area contributed by atoms with Crippen LogP contribution in [0.25, 0.3) is 16.9 Å². The summed E-state index contributed by atoms with van der Waals surface area (Å²) >= 11 is 0. The van der Waals surface area contributed by atoms with Crippen LogP contribution in [0.15, 0.2) is 66.7 Å². The fourth-order valence-electron chi connectivity index (χ4n) is 2.94. The number of alkyl halides is 3. The number of imidazole rings is 1. The van der Waals surface area contributed by atoms with E-state index in [0.29, 0.717) is 17.3 Å². The number of anilines is 2. The summed E-state index contributed by atoms with van der Waals surface area (Å²) in [6.07, 6.45) is -4.71. The van der Waals surface area contributed by atoms with Gasteiger partial charge in [0.25, 0.3) is 0 Å². The Balaban J connectivity index is 1.60.